The van der Waals surface area contributed by atoms with Gasteiger partial charge in [0.15, 0.2) is 0 Å². The van der Waals surface area contributed by atoms with Crippen molar-refractivity contribution in [1.29, 1.82) is 0 Å². The first-order valence-corrected chi connectivity index (χ1v) is 20.0. The van der Waals surface area contributed by atoms with E-state index in [1.165, 1.54) is 121 Å². The third-order valence-corrected chi connectivity index (χ3v) is 13.6. The monoisotopic (exact) mass is 712 g/mol. The average Bonchev–Trinajstić information content (AvgIpc) is 3.24. The van der Waals surface area contributed by atoms with E-state index in [1.54, 1.807) is 0 Å². The molecule has 2 aliphatic carbocycles. The van der Waals surface area contributed by atoms with Crippen LogP contribution in [0.25, 0.3) is 98.4 Å². The first-order chi connectivity index (χ1) is 27.3. The predicted octanol–water partition coefficient (Wildman–Crippen LogP) is 15.4. The van der Waals surface area contributed by atoms with Crippen molar-refractivity contribution in [2.75, 3.05) is 0 Å². The van der Waals surface area contributed by atoms with E-state index in [9.17, 15) is 0 Å². The fraction of sp³-hybridized carbons (Fsp3) is 0.107. The molecule has 12 rings (SSSR count). The molecule has 0 unspecified atom stereocenters. The van der Waals surface area contributed by atoms with Crippen LogP contribution >= 0.6 is 0 Å². The summed E-state index contributed by atoms with van der Waals surface area (Å²) in [7, 11) is 0. The van der Waals surface area contributed by atoms with Crippen molar-refractivity contribution in [1.82, 2.24) is 0 Å². The molecule has 0 spiro atoms. The molecule has 0 atom stereocenters. The lowest BCUT2D eigenvalue weighted by Gasteiger charge is -2.41. The van der Waals surface area contributed by atoms with Crippen LogP contribution < -0.4 is 0 Å². The highest BCUT2D eigenvalue weighted by Gasteiger charge is 2.40. The van der Waals surface area contributed by atoms with Gasteiger partial charge in [0.1, 0.15) is 0 Å². The average molecular weight is 713 g/mol. The van der Waals surface area contributed by atoms with Crippen LogP contribution in [0.3, 0.4) is 0 Å². The summed E-state index contributed by atoms with van der Waals surface area (Å²) in [5, 5.41) is 13.2. The lowest BCUT2D eigenvalue weighted by atomic mass is 9.62. The molecule has 2 aliphatic rings. The summed E-state index contributed by atoms with van der Waals surface area (Å²) in [6, 6.07) is 64.4. The highest BCUT2D eigenvalue weighted by molar-refractivity contribution is 6.17. The minimum atomic E-state index is -0.187. The Morgan fingerprint density at radius 3 is 1.05 bits per heavy atom. The van der Waals surface area contributed by atoms with Crippen molar-refractivity contribution in [3.63, 3.8) is 0 Å². The zero-order valence-corrected chi connectivity index (χ0v) is 32.2. The van der Waals surface area contributed by atoms with E-state index in [1.807, 2.05) is 0 Å². The van der Waals surface area contributed by atoms with Crippen molar-refractivity contribution in [2.45, 2.75) is 38.5 Å². The fourth-order valence-corrected chi connectivity index (χ4v) is 10.8. The summed E-state index contributed by atoms with van der Waals surface area (Å²) in [5.74, 6) is 0. The van der Waals surface area contributed by atoms with E-state index in [-0.39, 0.29) is 10.8 Å². The molecule has 264 valence electrons. The normalized spacial score (nSPS) is 14.7. The van der Waals surface area contributed by atoms with Gasteiger partial charge in [-0.3, -0.25) is 0 Å². The maximum atomic E-state index is 2.49. The summed E-state index contributed by atoms with van der Waals surface area (Å²) in [6.07, 6.45) is 0. The molecule has 0 aliphatic heterocycles. The molecule has 0 saturated heterocycles. The fourth-order valence-electron chi connectivity index (χ4n) is 10.8. The SMILES string of the molecule is CC1(C)c2cc(-c3cc4ccccc4c4ccccc34)ccc2-c2ccc3c4c(ccc1c24)C(C)(C)c1cc(-c2cc4ccccc4c4ccccc24)ccc1-3. The molecular formula is C56H40. The van der Waals surface area contributed by atoms with Gasteiger partial charge in [0.05, 0.1) is 0 Å². The maximum absolute atomic E-state index is 2.49. The summed E-state index contributed by atoms with van der Waals surface area (Å²) in [5.41, 5.74) is 15.8. The van der Waals surface area contributed by atoms with Gasteiger partial charge in [-0.05, 0) is 145 Å². The lowest BCUT2D eigenvalue weighted by molar-refractivity contribution is 0.633. The Bertz CT molecular complexity index is 3130. The predicted molar refractivity (Wildman–Crippen MR) is 240 cm³/mol. The third-order valence-electron chi connectivity index (χ3n) is 13.6. The first kappa shape index (κ1) is 31.8. The quantitative estimate of drug-likeness (QED) is 0.157. The van der Waals surface area contributed by atoms with E-state index < -0.39 is 0 Å². The van der Waals surface area contributed by atoms with Gasteiger partial charge in [-0.15, -0.1) is 0 Å². The van der Waals surface area contributed by atoms with Crippen LogP contribution in [0.2, 0.25) is 0 Å². The first-order valence-electron chi connectivity index (χ1n) is 20.0. The van der Waals surface area contributed by atoms with E-state index in [2.05, 4.69) is 198 Å². The van der Waals surface area contributed by atoms with Crippen LogP contribution in [0.4, 0.5) is 0 Å². The number of benzene rings is 10. The minimum absolute atomic E-state index is 0.187. The van der Waals surface area contributed by atoms with Gasteiger partial charge in [-0.25, -0.2) is 0 Å². The van der Waals surface area contributed by atoms with Crippen LogP contribution in [-0.4, -0.2) is 0 Å². The molecule has 0 aromatic heterocycles. The Labute approximate surface area is 327 Å². The molecule has 56 heavy (non-hydrogen) atoms. The molecule has 0 fully saturated rings. The molecular weight excluding hydrogens is 673 g/mol. The second-order valence-corrected chi connectivity index (χ2v) is 17.2. The summed E-state index contributed by atoms with van der Waals surface area (Å²) >= 11 is 0. The smallest absolute Gasteiger partial charge is 0.0159 e. The van der Waals surface area contributed by atoms with Gasteiger partial charge in [-0.2, -0.15) is 0 Å². The number of fused-ring (bicyclic) bond motifs is 10. The molecule has 10 aromatic rings. The summed E-state index contributed by atoms with van der Waals surface area (Å²) in [4.78, 5) is 0. The molecule has 0 heteroatoms. The Morgan fingerprint density at radius 1 is 0.268 bits per heavy atom. The van der Waals surface area contributed by atoms with Crippen molar-refractivity contribution < 1.29 is 0 Å². The molecule has 0 N–H and O–H groups in total. The Hall–Kier alpha value is -6.50. The van der Waals surface area contributed by atoms with Crippen molar-refractivity contribution in [2.24, 2.45) is 0 Å². The molecule has 10 aromatic carbocycles. The maximum Gasteiger partial charge on any atom is 0.0159 e. The van der Waals surface area contributed by atoms with Gasteiger partial charge >= 0.3 is 0 Å². The standard InChI is InChI=1S/C56H40/c1-55(2)49-27-28-50-54-46(44-24-22-36(32-52(44)56(50,3)4)48-30-34-14-6-8-16-38(34)40-18-10-12-20-42(40)48)26-25-45(53(49)54)43-23-21-35(31-51(43)55)47-29-33-13-5-7-15-37(33)39-17-9-11-19-41(39)47/h5-32H,1-4H3. The van der Waals surface area contributed by atoms with Crippen LogP contribution in [-0.2, 0) is 10.8 Å². The zero-order valence-electron chi connectivity index (χ0n) is 32.2. The molecule has 0 nitrogen and oxygen atoms in total. The second kappa shape index (κ2) is 11.1. The molecule has 0 saturated carbocycles. The van der Waals surface area contributed by atoms with Gasteiger partial charge in [-0.1, -0.05) is 173 Å². The van der Waals surface area contributed by atoms with Crippen LogP contribution in [0.5, 0.6) is 0 Å². The van der Waals surface area contributed by atoms with Crippen molar-refractivity contribution >= 4 is 53.9 Å². The van der Waals surface area contributed by atoms with Gasteiger partial charge in [0.25, 0.3) is 0 Å². The number of rotatable bonds is 2. The lowest BCUT2D eigenvalue weighted by Crippen LogP contribution is -2.28. The second-order valence-electron chi connectivity index (χ2n) is 17.2. The largest absolute Gasteiger partial charge is 0.0616 e. The third kappa shape index (κ3) is 4.14. The Morgan fingerprint density at radius 2 is 0.625 bits per heavy atom. The van der Waals surface area contributed by atoms with Crippen molar-refractivity contribution in [3.8, 4) is 44.5 Å². The van der Waals surface area contributed by atoms with E-state index in [0.29, 0.717) is 0 Å². The van der Waals surface area contributed by atoms with E-state index in [0.717, 1.165) is 0 Å². The van der Waals surface area contributed by atoms with Crippen LogP contribution in [0, 0.1) is 0 Å². The molecule has 0 bridgehead atoms. The van der Waals surface area contributed by atoms with Gasteiger partial charge in [0.2, 0.25) is 0 Å². The van der Waals surface area contributed by atoms with Crippen molar-refractivity contribution in [3.05, 3.63) is 192 Å². The highest BCUT2D eigenvalue weighted by Crippen LogP contribution is 2.57. The molecule has 0 heterocycles. The molecule has 0 radical (unpaired) electrons. The van der Waals surface area contributed by atoms with Crippen LogP contribution in [0.1, 0.15) is 49.9 Å². The zero-order chi connectivity index (χ0) is 37.5. The van der Waals surface area contributed by atoms with Crippen LogP contribution in [0.15, 0.2) is 170 Å². The van der Waals surface area contributed by atoms with Gasteiger partial charge < -0.3 is 0 Å². The van der Waals surface area contributed by atoms with E-state index in [4.69, 9.17) is 0 Å². The molecule has 0 amide bonds. The minimum Gasteiger partial charge on any atom is -0.0616 e. The number of hydrogen-bond acceptors (Lipinski definition) is 0. The Balaban J connectivity index is 1.05. The highest BCUT2D eigenvalue weighted by atomic mass is 14.4. The van der Waals surface area contributed by atoms with Gasteiger partial charge in [0, 0.05) is 10.8 Å². The van der Waals surface area contributed by atoms with E-state index >= 15 is 0 Å². The Kier molecular flexibility index (Phi) is 6.28. The topological polar surface area (TPSA) is 0 Å². The number of hydrogen-bond donors (Lipinski definition) is 0. The summed E-state index contributed by atoms with van der Waals surface area (Å²) < 4.78 is 0. The summed E-state index contributed by atoms with van der Waals surface area (Å²) in [6.45, 7) is 9.73.